The highest BCUT2D eigenvalue weighted by Gasteiger charge is 2.17. The number of rotatable bonds is 5. The molecular weight excluding hydrogens is 252 g/mol. The first kappa shape index (κ1) is 14.1. The molecule has 0 saturated heterocycles. The van der Waals surface area contributed by atoms with Gasteiger partial charge in [-0.1, -0.05) is 30.4 Å². The molecule has 1 unspecified atom stereocenters. The van der Waals surface area contributed by atoms with E-state index < -0.39 is 17.9 Å². The van der Waals surface area contributed by atoms with E-state index in [1.165, 1.54) is 6.92 Å². The molecule has 0 spiro atoms. The molecule has 1 aromatic rings. The van der Waals surface area contributed by atoms with Crippen LogP contribution in [-0.4, -0.2) is 28.0 Å². The Balaban J connectivity index is 2.91. The van der Waals surface area contributed by atoms with Crippen molar-refractivity contribution >= 4 is 29.1 Å². The zero-order chi connectivity index (χ0) is 13.7. The average molecular weight is 266 g/mol. The smallest absolute Gasteiger partial charge is 0.325 e. The third-order valence-electron chi connectivity index (χ3n) is 2.34. The van der Waals surface area contributed by atoms with Gasteiger partial charge in [-0.25, -0.2) is 0 Å². The van der Waals surface area contributed by atoms with Crippen LogP contribution in [0, 0.1) is 0 Å². The topological polar surface area (TPSA) is 92.4 Å². The van der Waals surface area contributed by atoms with Gasteiger partial charge < -0.3 is 16.2 Å². The van der Waals surface area contributed by atoms with E-state index in [1.807, 2.05) is 0 Å². The molecule has 1 atom stereocenters. The van der Waals surface area contributed by atoms with Crippen LogP contribution in [0.3, 0.4) is 0 Å². The van der Waals surface area contributed by atoms with E-state index in [2.05, 4.69) is 5.32 Å². The Morgan fingerprint density at radius 3 is 2.61 bits per heavy atom. The summed E-state index contributed by atoms with van der Waals surface area (Å²) in [5.41, 5.74) is 6.52. The number of carbonyl (C=O) groups is 2. The largest absolute Gasteiger partial charge is 0.480 e. The van der Waals surface area contributed by atoms with E-state index >= 15 is 0 Å². The van der Waals surface area contributed by atoms with E-state index in [-0.39, 0.29) is 4.99 Å². The Bertz CT molecular complexity index is 488. The van der Waals surface area contributed by atoms with E-state index in [0.29, 0.717) is 17.5 Å². The Hall–Kier alpha value is -1.95. The van der Waals surface area contributed by atoms with Gasteiger partial charge in [-0.3, -0.25) is 9.59 Å². The maximum atomic E-state index is 11.9. The van der Waals surface area contributed by atoms with Crippen molar-refractivity contribution < 1.29 is 14.7 Å². The monoisotopic (exact) mass is 266 g/mol. The number of carboxylic acid groups (broad SMARTS) is 1. The first-order valence-electron chi connectivity index (χ1n) is 5.31. The van der Waals surface area contributed by atoms with E-state index in [0.717, 1.165) is 0 Å². The molecule has 0 saturated carbocycles. The van der Waals surface area contributed by atoms with Crippen LogP contribution in [0.25, 0.3) is 0 Å². The lowest BCUT2D eigenvalue weighted by molar-refractivity contribution is -0.138. The van der Waals surface area contributed by atoms with Crippen molar-refractivity contribution in [2.75, 3.05) is 0 Å². The Labute approximate surface area is 110 Å². The molecule has 0 aliphatic carbocycles. The predicted octanol–water partition coefficient (Wildman–Crippen LogP) is 0.718. The van der Waals surface area contributed by atoms with Gasteiger partial charge in [0.2, 0.25) is 0 Å². The summed E-state index contributed by atoms with van der Waals surface area (Å²) < 4.78 is 0. The highest BCUT2D eigenvalue weighted by molar-refractivity contribution is 7.80. The average Bonchev–Trinajstić information content (AvgIpc) is 2.28. The molecule has 0 aliphatic rings. The van der Waals surface area contributed by atoms with Crippen molar-refractivity contribution in [3.8, 4) is 0 Å². The van der Waals surface area contributed by atoms with Crippen molar-refractivity contribution in [1.82, 2.24) is 5.32 Å². The van der Waals surface area contributed by atoms with Crippen LogP contribution in [-0.2, 0) is 11.2 Å². The lowest BCUT2D eigenvalue weighted by atomic mass is 10.0. The number of nitrogens with one attached hydrogen (secondary N) is 1. The number of hydrogen-bond acceptors (Lipinski definition) is 3. The normalized spacial score (nSPS) is 11.6. The minimum atomic E-state index is -1.09. The van der Waals surface area contributed by atoms with Crippen LogP contribution in [0.1, 0.15) is 22.8 Å². The first-order valence-corrected chi connectivity index (χ1v) is 5.72. The van der Waals surface area contributed by atoms with Crippen molar-refractivity contribution in [2.45, 2.75) is 19.4 Å². The number of hydrogen-bond donors (Lipinski definition) is 3. The summed E-state index contributed by atoms with van der Waals surface area (Å²) in [5.74, 6) is -1.54. The number of carboxylic acids is 1. The van der Waals surface area contributed by atoms with E-state index in [9.17, 15) is 9.59 Å². The predicted molar refractivity (Wildman–Crippen MR) is 71.5 cm³/mol. The van der Waals surface area contributed by atoms with Gasteiger partial charge in [0.1, 0.15) is 6.04 Å². The quantitative estimate of drug-likeness (QED) is 0.683. The Morgan fingerprint density at radius 1 is 1.44 bits per heavy atom. The first-order chi connectivity index (χ1) is 8.41. The van der Waals surface area contributed by atoms with Gasteiger partial charge in [-0.15, -0.1) is 0 Å². The molecule has 0 radical (unpaired) electrons. The molecule has 1 rings (SSSR count). The molecule has 0 heterocycles. The molecule has 1 aromatic carbocycles. The maximum Gasteiger partial charge on any atom is 0.325 e. The second kappa shape index (κ2) is 6.11. The van der Waals surface area contributed by atoms with Crippen molar-refractivity contribution in [2.24, 2.45) is 5.73 Å². The fraction of sp³-hybridized carbons (Fsp3) is 0.250. The van der Waals surface area contributed by atoms with Gasteiger partial charge >= 0.3 is 5.97 Å². The molecule has 4 N–H and O–H groups in total. The van der Waals surface area contributed by atoms with Gasteiger partial charge in [0.05, 0.1) is 4.99 Å². The zero-order valence-electron chi connectivity index (χ0n) is 9.84. The number of thiocarbonyl (C=S) groups is 1. The van der Waals surface area contributed by atoms with Crippen LogP contribution in [0.15, 0.2) is 24.3 Å². The maximum absolute atomic E-state index is 11.9. The van der Waals surface area contributed by atoms with Crippen molar-refractivity contribution in [1.29, 1.82) is 0 Å². The number of carbonyl (C=O) groups excluding carboxylic acids is 1. The van der Waals surface area contributed by atoms with E-state index in [4.69, 9.17) is 23.1 Å². The SMILES string of the molecule is CC(NC(=O)c1ccccc1CC(N)=S)C(=O)O. The molecule has 18 heavy (non-hydrogen) atoms. The van der Waals surface area contributed by atoms with Gasteiger partial charge in [-0.05, 0) is 18.6 Å². The van der Waals surface area contributed by atoms with Crippen LogP contribution >= 0.6 is 12.2 Å². The lowest BCUT2D eigenvalue weighted by Crippen LogP contribution is -2.38. The number of aliphatic carboxylic acids is 1. The summed E-state index contributed by atoms with van der Waals surface area (Å²) in [7, 11) is 0. The summed E-state index contributed by atoms with van der Waals surface area (Å²) in [4.78, 5) is 22.9. The van der Waals surface area contributed by atoms with E-state index in [1.54, 1.807) is 24.3 Å². The van der Waals surface area contributed by atoms with Gasteiger partial charge in [0.15, 0.2) is 0 Å². The molecule has 0 bridgehead atoms. The van der Waals surface area contributed by atoms with Crippen LogP contribution in [0.4, 0.5) is 0 Å². The summed E-state index contributed by atoms with van der Waals surface area (Å²) in [6.45, 7) is 1.40. The van der Waals surface area contributed by atoms with Crippen LogP contribution in [0.5, 0.6) is 0 Å². The molecule has 0 fully saturated rings. The molecule has 1 amide bonds. The van der Waals surface area contributed by atoms with Crippen LogP contribution < -0.4 is 11.1 Å². The highest BCUT2D eigenvalue weighted by atomic mass is 32.1. The van der Waals surface area contributed by atoms with Gasteiger partial charge in [0.25, 0.3) is 5.91 Å². The fourth-order valence-electron chi connectivity index (χ4n) is 1.42. The number of benzene rings is 1. The molecule has 6 heteroatoms. The van der Waals surface area contributed by atoms with Crippen LogP contribution in [0.2, 0.25) is 0 Å². The van der Waals surface area contributed by atoms with Crippen molar-refractivity contribution in [3.63, 3.8) is 0 Å². The molecule has 5 nitrogen and oxygen atoms in total. The Kier molecular flexibility index (Phi) is 4.79. The van der Waals surface area contributed by atoms with Gasteiger partial charge in [-0.2, -0.15) is 0 Å². The van der Waals surface area contributed by atoms with Gasteiger partial charge in [0, 0.05) is 12.0 Å². The summed E-state index contributed by atoms with van der Waals surface area (Å²) in [6, 6.07) is 5.86. The van der Waals surface area contributed by atoms with Crippen molar-refractivity contribution in [3.05, 3.63) is 35.4 Å². The lowest BCUT2D eigenvalue weighted by Gasteiger charge is -2.12. The Morgan fingerprint density at radius 2 is 2.06 bits per heavy atom. The summed E-state index contributed by atoms with van der Waals surface area (Å²) in [5, 5.41) is 11.1. The minimum absolute atomic E-state index is 0.279. The third-order valence-corrected chi connectivity index (χ3v) is 2.49. The zero-order valence-corrected chi connectivity index (χ0v) is 10.7. The highest BCUT2D eigenvalue weighted by Crippen LogP contribution is 2.10. The standard InChI is InChI=1S/C12H14N2O3S/c1-7(12(16)17)14-11(15)9-5-3-2-4-8(9)6-10(13)18/h2-5,7H,6H2,1H3,(H2,13,18)(H,14,15)(H,16,17). The molecular formula is C12H14N2O3S. The molecule has 96 valence electrons. The molecule has 0 aliphatic heterocycles. The second-order valence-corrected chi connectivity index (χ2v) is 4.36. The second-order valence-electron chi connectivity index (χ2n) is 3.83. The third kappa shape index (κ3) is 3.81. The number of nitrogens with two attached hydrogens (primary N) is 1. The fourth-order valence-corrected chi connectivity index (χ4v) is 1.58. The molecule has 0 aromatic heterocycles. The number of amides is 1. The summed E-state index contributed by atoms with van der Waals surface area (Å²) in [6.07, 6.45) is 0.306. The minimum Gasteiger partial charge on any atom is -0.480 e. The summed E-state index contributed by atoms with van der Waals surface area (Å²) >= 11 is 4.81.